The lowest BCUT2D eigenvalue weighted by Gasteiger charge is -2.34. The van der Waals surface area contributed by atoms with E-state index in [0.29, 0.717) is 19.4 Å². The number of benzene rings is 1. The van der Waals surface area contributed by atoms with Gasteiger partial charge in [0.15, 0.2) is 0 Å². The summed E-state index contributed by atoms with van der Waals surface area (Å²) >= 11 is 0. The average molecular weight is 368 g/mol. The van der Waals surface area contributed by atoms with Crippen molar-refractivity contribution in [3.05, 3.63) is 35.4 Å². The molecule has 1 aliphatic heterocycles. The number of rotatable bonds is 5. The Hall–Kier alpha value is -2.51. The zero-order valence-electron chi connectivity index (χ0n) is 14.7. The van der Waals surface area contributed by atoms with Crippen molar-refractivity contribution in [2.45, 2.75) is 32.7 Å². The summed E-state index contributed by atoms with van der Waals surface area (Å²) in [5.74, 6) is -5.45. The first-order valence-electron chi connectivity index (χ1n) is 8.48. The molecule has 0 radical (unpaired) electrons. The fourth-order valence-corrected chi connectivity index (χ4v) is 3.02. The highest BCUT2D eigenvalue weighted by Gasteiger charge is 2.34. The van der Waals surface area contributed by atoms with Gasteiger partial charge in [-0.3, -0.25) is 14.4 Å². The van der Waals surface area contributed by atoms with Gasteiger partial charge >= 0.3 is 5.97 Å². The first-order chi connectivity index (χ1) is 12.2. The van der Waals surface area contributed by atoms with E-state index in [1.54, 1.807) is 13.8 Å². The van der Waals surface area contributed by atoms with Crippen molar-refractivity contribution in [1.29, 1.82) is 0 Å². The minimum Gasteiger partial charge on any atom is -0.481 e. The van der Waals surface area contributed by atoms with Crippen LogP contribution in [-0.4, -0.2) is 46.9 Å². The molecular formula is C18H22F2N2O4. The summed E-state index contributed by atoms with van der Waals surface area (Å²) in [6.07, 6.45) is 1.03. The number of carbonyl (C=O) groups is 3. The Bertz CT molecular complexity index is 688. The van der Waals surface area contributed by atoms with E-state index in [-0.39, 0.29) is 12.5 Å². The van der Waals surface area contributed by atoms with Gasteiger partial charge in [-0.05, 0) is 30.9 Å². The van der Waals surface area contributed by atoms with Crippen LogP contribution in [0.5, 0.6) is 0 Å². The van der Waals surface area contributed by atoms with Gasteiger partial charge in [-0.2, -0.15) is 0 Å². The molecule has 0 aromatic heterocycles. The van der Waals surface area contributed by atoms with Crippen molar-refractivity contribution in [3.63, 3.8) is 0 Å². The zero-order valence-corrected chi connectivity index (χ0v) is 14.7. The molecule has 1 heterocycles. The first kappa shape index (κ1) is 19.8. The van der Waals surface area contributed by atoms with Crippen molar-refractivity contribution >= 4 is 17.8 Å². The number of hydrogen-bond acceptors (Lipinski definition) is 3. The summed E-state index contributed by atoms with van der Waals surface area (Å²) in [5, 5.41) is 11.5. The smallest absolute Gasteiger partial charge is 0.308 e. The molecule has 2 N–H and O–H groups in total. The zero-order chi connectivity index (χ0) is 19.4. The quantitative estimate of drug-likeness (QED) is 0.833. The van der Waals surface area contributed by atoms with Gasteiger partial charge in [0.2, 0.25) is 5.91 Å². The number of likely N-dealkylation sites (tertiary alicyclic amines) is 1. The van der Waals surface area contributed by atoms with E-state index in [4.69, 9.17) is 5.11 Å². The van der Waals surface area contributed by atoms with Crippen LogP contribution < -0.4 is 5.32 Å². The molecule has 1 aromatic rings. The molecule has 142 valence electrons. The van der Waals surface area contributed by atoms with E-state index >= 15 is 0 Å². The van der Waals surface area contributed by atoms with Crippen molar-refractivity contribution in [1.82, 2.24) is 10.2 Å². The second-order valence-corrected chi connectivity index (χ2v) is 6.75. The Morgan fingerprint density at radius 1 is 1.23 bits per heavy atom. The van der Waals surface area contributed by atoms with Gasteiger partial charge in [0.25, 0.3) is 5.91 Å². The maximum absolute atomic E-state index is 13.8. The van der Waals surface area contributed by atoms with Crippen LogP contribution in [0.3, 0.4) is 0 Å². The average Bonchev–Trinajstić information content (AvgIpc) is 2.58. The number of aliphatic carboxylic acids is 1. The highest BCUT2D eigenvalue weighted by atomic mass is 19.1. The Morgan fingerprint density at radius 2 is 1.85 bits per heavy atom. The molecule has 2 unspecified atom stereocenters. The molecule has 0 aliphatic carbocycles. The molecule has 2 amide bonds. The van der Waals surface area contributed by atoms with Gasteiger partial charge in [-0.15, -0.1) is 0 Å². The SMILES string of the molecule is CC(C)C(NC(=O)c1c(F)cccc1F)C(=O)N1CCCC(C(=O)O)C1. The largest absolute Gasteiger partial charge is 0.481 e. The Morgan fingerprint density at radius 3 is 2.38 bits per heavy atom. The number of hydrogen-bond donors (Lipinski definition) is 2. The summed E-state index contributed by atoms with van der Waals surface area (Å²) in [4.78, 5) is 37.6. The summed E-state index contributed by atoms with van der Waals surface area (Å²) in [6.45, 7) is 3.83. The van der Waals surface area contributed by atoms with E-state index < -0.39 is 46.9 Å². The summed E-state index contributed by atoms with van der Waals surface area (Å²) in [5.41, 5.74) is -0.743. The standard InChI is InChI=1S/C18H22F2N2O4/c1-10(2)15(17(24)22-8-4-5-11(9-22)18(25)26)21-16(23)14-12(19)6-3-7-13(14)20/h3,6-7,10-11,15H,4-5,8-9H2,1-2H3,(H,21,23)(H,25,26). The monoisotopic (exact) mass is 368 g/mol. The predicted molar refractivity (Wildman–Crippen MR) is 89.4 cm³/mol. The first-order valence-corrected chi connectivity index (χ1v) is 8.48. The maximum Gasteiger partial charge on any atom is 0.308 e. The Balaban J connectivity index is 2.17. The molecule has 2 rings (SSSR count). The molecule has 0 spiro atoms. The third-order valence-corrected chi connectivity index (χ3v) is 4.49. The van der Waals surface area contributed by atoms with E-state index in [1.165, 1.54) is 4.90 Å². The van der Waals surface area contributed by atoms with Crippen molar-refractivity contribution < 1.29 is 28.3 Å². The van der Waals surface area contributed by atoms with E-state index in [1.807, 2.05) is 0 Å². The fourth-order valence-electron chi connectivity index (χ4n) is 3.02. The highest BCUT2D eigenvalue weighted by Crippen LogP contribution is 2.19. The van der Waals surface area contributed by atoms with Crippen LogP contribution >= 0.6 is 0 Å². The second-order valence-electron chi connectivity index (χ2n) is 6.75. The Kier molecular flexibility index (Phi) is 6.28. The van der Waals surface area contributed by atoms with Gasteiger partial charge in [0, 0.05) is 13.1 Å². The maximum atomic E-state index is 13.8. The minimum atomic E-state index is -1.01. The van der Waals surface area contributed by atoms with Gasteiger partial charge in [-0.25, -0.2) is 8.78 Å². The lowest BCUT2D eigenvalue weighted by atomic mass is 9.95. The predicted octanol–water partition coefficient (Wildman–Crippen LogP) is 2.04. The third-order valence-electron chi connectivity index (χ3n) is 4.49. The molecule has 2 atom stereocenters. The normalized spacial score (nSPS) is 18.5. The van der Waals surface area contributed by atoms with E-state index in [9.17, 15) is 23.2 Å². The number of carbonyl (C=O) groups excluding carboxylic acids is 2. The molecule has 0 bridgehead atoms. The summed E-state index contributed by atoms with van der Waals surface area (Å²) in [7, 11) is 0. The van der Waals surface area contributed by atoms with Crippen molar-refractivity contribution in [3.8, 4) is 0 Å². The minimum absolute atomic E-state index is 0.0569. The summed E-state index contributed by atoms with van der Waals surface area (Å²) in [6, 6.07) is 2.07. The lowest BCUT2D eigenvalue weighted by molar-refractivity contribution is -0.146. The molecule has 1 aliphatic rings. The topological polar surface area (TPSA) is 86.7 Å². The lowest BCUT2D eigenvalue weighted by Crippen LogP contribution is -2.54. The van der Waals surface area contributed by atoms with Crippen LogP contribution in [0.15, 0.2) is 18.2 Å². The number of halogens is 2. The number of carboxylic acids is 1. The van der Waals surface area contributed by atoms with E-state index in [2.05, 4.69) is 5.32 Å². The van der Waals surface area contributed by atoms with E-state index in [0.717, 1.165) is 18.2 Å². The molecule has 1 fully saturated rings. The third kappa shape index (κ3) is 4.36. The number of nitrogens with zero attached hydrogens (tertiary/aromatic N) is 1. The number of carboxylic acid groups (broad SMARTS) is 1. The number of amides is 2. The molecule has 1 saturated heterocycles. The highest BCUT2D eigenvalue weighted by molar-refractivity contribution is 5.98. The van der Waals surface area contributed by atoms with Crippen LogP contribution in [-0.2, 0) is 9.59 Å². The fraction of sp³-hybridized carbons (Fsp3) is 0.500. The Labute approximate surface area is 150 Å². The van der Waals surface area contributed by atoms with Crippen LogP contribution in [0.25, 0.3) is 0 Å². The molecule has 6 nitrogen and oxygen atoms in total. The molecule has 1 aromatic carbocycles. The van der Waals surface area contributed by atoms with Gasteiger partial charge in [-0.1, -0.05) is 19.9 Å². The molecule has 0 saturated carbocycles. The molecule has 8 heteroatoms. The van der Waals surface area contributed by atoms with Crippen LogP contribution in [0.2, 0.25) is 0 Å². The summed E-state index contributed by atoms with van der Waals surface area (Å²) < 4.78 is 27.6. The van der Waals surface area contributed by atoms with Crippen LogP contribution in [0, 0.1) is 23.5 Å². The molecular weight excluding hydrogens is 346 g/mol. The van der Waals surface area contributed by atoms with Crippen LogP contribution in [0.1, 0.15) is 37.0 Å². The van der Waals surface area contributed by atoms with Gasteiger partial charge in [0.05, 0.1) is 5.92 Å². The van der Waals surface area contributed by atoms with Gasteiger partial charge in [0.1, 0.15) is 23.2 Å². The number of piperidine rings is 1. The van der Waals surface area contributed by atoms with Gasteiger partial charge < -0.3 is 15.3 Å². The second kappa shape index (κ2) is 8.25. The number of nitrogens with one attached hydrogen (secondary N) is 1. The molecule has 26 heavy (non-hydrogen) atoms. The van der Waals surface area contributed by atoms with Crippen molar-refractivity contribution in [2.24, 2.45) is 11.8 Å². The van der Waals surface area contributed by atoms with Crippen LogP contribution in [0.4, 0.5) is 8.78 Å². The van der Waals surface area contributed by atoms with Crippen molar-refractivity contribution in [2.75, 3.05) is 13.1 Å².